The van der Waals surface area contributed by atoms with Crippen LogP contribution in [0.2, 0.25) is 0 Å². The number of nitrogens with one attached hydrogen (secondary N) is 3. The van der Waals surface area contributed by atoms with Gasteiger partial charge in [0.25, 0.3) is 0 Å². The second-order valence-electron chi connectivity index (χ2n) is 5.95. The van der Waals surface area contributed by atoms with Gasteiger partial charge >= 0.3 is 0 Å². The van der Waals surface area contributed by atoms with Gasteiger partial charge in [-0.15, -0.1) is 0 Å². The van der Waals surface area contributed by atoms with Crippen LogP contribution >= 0.6 is 0 Å². The van der Waals surface area contributed by atoms with Crippen LogP contribution in [0.15, 0.2) is 0 Å². The number of hydrogen-bond acceptors (Lipinski definition) is 4. The summed E-state index contributed by atoms with van der Waals surface area (Å²) in [4.78, 5) is 0. The largest absolute Gasteiger partial charge is 0.286 e. The zero-order chi connectivity index (χ0) is 13.7. The molecule has 0 aromatic carbocycles. The van der Waals surface area contributed by atoms with Crippen LogP contribution in [0.5, 0.6) is 0 Å². The maximum Gasteiger partial charge on any atom is 0.138 e. The third kappa shape index (κ3) is 3.63. The summed E-state index contributed by atoms with van der Waals surface area (Å²) < 4.78 is 0. The Morgan fingerprint density at radius 3 is 2.20 bits per heavy atom. The van der Waals surface area contributed by atoms with Crippen molar-refractivity contribution in [1.82, 2.24) is 21.1 Å². The molecule has 1 aliphatic heterocycles. The average molecular weight is 301 g/mol. The minimum atomic E-state index is -0.0436. The van der Waals surface area contributed by atoms with Crippen LogP contribution in [0, 0.1) is 5.92 Å². The zero-order valence-electron chi connectivity index (χ0n) is 13.0. The molecule has 0 amide bonds. The molecule has 2 aliphatic rings. The van der Waals surface area contributed by atoms with Crippen molar-refractivity contribution >= 4 is 11.0 Å². The van der Waals surface area contributed by atoms with E-state index in [4.69, 9.17) is 0 Å². The first-order valence-electron chi connectivity index (χ1n) is 8.30. The van der Waals surface area contributed by atoms with Gasteiger partial charge in [0.1, 0.15) is 5.79 Å². The van der Waals surface area contributed by atoms with Gasteiger partial charge in [0.15, 0.2) is 0 Å². The average Bonchev–Trinajstić information content (AvgIpc) is 2.43. The van der Waals surface area contributed by atoms with Gasteiger partial charge < -0.3 is 0 Å². The summed E-state index contributed by atoms with van der Waals surface area (Å²) in [5.74, 6) is 0.844. The molecule has 3 N–H and O–H groups in total. The normalized spacial score (nSPS) is 29.6. The topological polar surface area (TPSA) is 39.3 Å². The third-order valence-corrected chi connectivity index (χ3v) is 4.76. The summed E-state index contributed by atoms with van der Waals surface area (Å²) in [5, 5.41) is 9.97. The summed E-state index contributed by atoms with van der Waals surface area (Å²) in [6.45, 7) is 9.63. The SMILES string of the molecule is CCNN1C2CCCCC2CCC1(NCC)NCC.[SiH4]. The third-order valence-electron chi connectivity index (χ3n) is 4.76. The fourth-order valence-corrected chi connectivity index (χ4v) is 4.08. The number of hydrazine groups is 1. The van der Waals surface area contributed by atoms with Gasteiger partial charge in [-0.2, -0.15) is 0 Å². The van der Waals surface area contributed by atoms with E-state index in [1.807, 2.05) is 0 Å². The van der Waals surface area contributed by atoms with E-state index in [9.17, 15) is 0 Å². The highest BCUT2D eigenvalue weighted by atomic mass is 28.1. The van der Waals surface area contributed by atoms with Crippen LogP contribution < -0.4 is 16.1 Å². The molecule has 1 saturated heterocycles. The molecule has 0 aromatic heterocycles. The Hall–Kier alpha value is 0.0569. The van der Waals surface area contributed by atoms with Crippen molar-refractivity contribution in [3.05, 3.63) is 0 Å². The Bertz CT molecular complexity index is 269. The Morgan fingerprint density at radius 2 is 1.60 bits per heavy atom. The van der Waals surface area contributed by atoms with E-state index in [1.165, 1.54) is 38.5 Å². The van der Waals surface area contributed by atoms with Crippen LogP contribution in [0.4, 0.5) is 0 Å². The molecule has 5 heteroatoms. The standard InChI is InChI=1S/C15H32N4.H4Si/c1-4-16-15(17-5-2)12-11-13-9-7-8-10-14(13)19(15)18-6-3;/h13-14,16-18H,4-12H2,1-3H3;1H4. The second kappa shape index (κ2) is 8.49. The van der Waals surface area contributed by atoms with E-state index >= 15 is 0 Å². The van der Waals surface area contributed by atoms with Crippen molar-refractivity contribution in [3.63, 3.8) is 0 Å². The molecule has 1 saturated carbocycles. The lowest BCUT2D eigenvalue weighted by atomic mass is 9.77. The maximum atomic E-state index is 3.72. The van der Waals surface area contributed by atoms with Gasteiger partial charge in [0, 0.05) is 12.6 Å². The van der Waals surface area contributed by atoms with Gasteiger partial charge in [0.2, 0.25) is 0 Å². The fraction of sp³-hybridized carbons (Fsp3) is 1.00. The molecule has 20 heavy (non-hydrogen) atoms. The van der Waals surface area contributed by atoms with Crippen LogP contribution in [-0.2, 0) is 0 Å². The summed E-state index contributed by atoms with van der Waals surface area (Å²) >= 11 is 0. The maximum absolute atomic E-state index is 3.72. The molecule has 0 bridgehead atoms. The molecule has 1 heterocycles. The van der Waals surface area contributed by atoms with Gasteiger partial charge in [-0.1, -0.05) is 33.6 Å². The first kappa shape index (κ1) is 18.1. The number of hydrogen-bond donors (Lipinski definition) is 3. The van der Waals surface area contributed by atoms with Gasteiger partial charge in [-0.3, -0.25) is 16.1 Å². The summed E-state index contributed by atoms with van der Waals surface area (Å²) in [5.41, 5.74) is 3.65. The van der Waals surface area contributed by atoms with Crippen molar-refractivity contribution < 1.29 is 0 Å². The second-order valence-corrected chi connectivity index (χ2v) is 5.95. The van der Waals surface area contributed by atoms with E-state index in [-0.39, 0.29) is 16.8 Å². The number of fused-ring (bicyclic) bond motifs is 1. The van der Waals surface area contributed by atoms with E-state index in [0.29, 0.717) is 6.04 Å². The predicted molar refractivity (Wildman–Crippen MR) is 91.9 cm³/mol. The van der Waals surface area contributed by atoms with E-state index in [0.717, 1.165) is 25.6 Å². The molecule has 2 unspecified atom stereocenters. The lowest BCUT2D eigenvalue weighted by molar-refractivity contribution is -0.118. The molecular weight excluding hydrogens is 264 g/mol. The summed E-state index contributed by atoms with van der Waals surface area (Å²) in [6.07, 6.45) is 8.13. The van der Waals surface area contributed by atoms with Gasteiger partial charge in [-0.05, 0) is 55.7 Å². The van der Waals surface area contributed by atoms with Crippen molar-refractivity contribution in [3.8, 4) is 0 Å². The first-order valence-corrected chi connectivity index (χ1v) is 8.30. The lowest BCUT2D eigenvalue weighted by Gasteiger charge is -2.55. The van der Waals surface area contributed by atoms with Crippen LogP contribution in [0.25, 0.3) is 0 Å². The quantitative estimate of drug-likeness (QED) is 0.496. The van der Waals surface area contributed by atoms with Gasteiger partial charge in [-0.25, -0.2) is 5.01 Å². The van der Waals surface area contributed by atoms with Crippen molar-refractivity contribution in [2.45, 2.75) is 71.1 Å². The summed E-state index contributed by atoms with van der Waals surface area (Å²) in [6, 6.07) is 0.695. The smallest absolute Gasteiger partial charge is 0.138 e. The number of piperidine rings is 1. The molecule has 0 aromatic rings. The Labute approximate surface area is 129 Å². The number of rotatable bonds is 6. The monoisotopic (exact) mass is 300 g/mol. The van der Waals surface area contributed by atoms with Crippen LogP contribution in [0.3, 0.4) is 0 Å². The summed E-state index contributed by atoms with van der Waals surface area (Å²) in [7, 11) is 0. The minimum absolute atomic E-state index is 0. The fourth-order valence-electron chi connectivity index (χ4n) is 4.08. The molecule has 1 aliphatic carbocycles. The highest BCUT2D eigenvalue weighted by Gasteiger charge is 2.46. The van der Waals surface area contributed by atoms with Crippen molar-refractivity contribution in [2.24, 2.45) is 5.92 Å². The van der Waals surface area contributed by atoms with Crippen molar-refractivity contribution in [2.75, 3.05) is 19.6 Å². The molecule has 2 atom stereocenters. The molecule has 0 spiro atoms. The Morgan fingerprint density at radius 1 is 0.950 bits per heavy atom. The molecule has 0 radical (unpaired) electrons. The molecule has 2 rings (SSSR count). The van der Waals surface area contributed by atoms with Crippen molar-refractivity contribution in [1.29, 1.82) is 0 Å². The van der Waals surface area contributed by atoms with E-state index in [1.54, 1.807) is 0 Å². The molecular formula is C15H36N4Si. The predicted octanol–water partition coefficient (Wildman–Crippen LogP) is 0.587. The van der Waals surface area contributed by atoms with Crippen LogP contribution in [-0.4, -0.2) is 47.4 Å². The van der Waals surface area contributed by atoms with Crippen LogP contribution in [0.1, 0.15) is 59.3 Å². The van der Waals surface area contributed by atoms with E-state index in [2.05, 4.69) is 41.8 Å². The van der Waals surface area contributed by atoms with Gasteiger partial charge in [0.05, 0.1) is 0 Å². The minimum Gasteiger partial charge on any atom is -0.286 e. The lowest BCUT2D eigenvalue weighted by Crippen LogP contribution is -2.76. The Balaban J connectivity index is 0.00000200. The molecule has 4 nitrogen and oxygen atoms in total. The Kier molecular flexibility index (Phi) is 7.68. The molecule has 2 fully saturated rings. The highest BCUT2D eigenvalue weighted by molar-refractivity contribution is 5.75. The van der Waals surface area contributed by atoms with E-state index < -0.39 is 0 Å². The highest BCUT2D eigenvalue weighted by Crippen LogP contribution is 2.39. The zero-order valence-corrected chi connectivity index (χ0v) is 13.0. The first-order chi connectivity index (χ1) is 9.27. The molecule has 120 valence electrons. The number of nitrogens with zero attached hydrogens (tertiary/aromatic N) is 1.